The van der Waals surface area contributed by atoms with E-state index >= 15 is 0 Å². The maximum Gasteiger partial charge on any atom is 0.258 e. The number of nitrogens with one attached hydrogen (secondary N) is 1. The average molecular weight is 353 g/mol. The minimum Gasteiger partial charge on any atom is -0.486 e. The fraction of sp³-hybridized carbons (Fsp3) is 0.143. The molecule has 108 valence electrons. The summed E-state index contributed by atoms with van der Waals surface area (Å²) in [5, 5.41) is 2.63. The smallest absolute Gasteiger partial charge is 0.258 e. The Morgan fingerprint density at radius 3 is 2.71 bits per heavy atom. The van der Waals surface area contributed by atoms with Gasteiger partial charge in [0.1, 0.15) is 13.2 Å². The van der Waals surface area contributed by atoms with Gasteiger partial charge in [-0.3, -0.25) is 9.78 Å². The van der Waals surface area contributed by atoms with Gasteiger partial charge in [0.05, 0.1) is 17.4 Å². The van der Waals surface area contributed by atoms with Gasteiger partial charge in [0.15, 0.2) is 17.3 Å². The molecule has 0 saturated carbocycles. The number of amides is 1. The first-order chi connectivity index (χ1) is 10.1. The molecule has 1 aromatic carbocycles. The minimum absolute atomic E-state index is 0.0770. The van der Waals surface area contributed by atoms with Crippen molar-refractivity contribution in [3.05, 3.63) is 46.4 Å². The molecule has 0 aliphatic carbocycles. The van der Waals surface area contributed by atoms with Gasteiger partial charge in [-0.2, -0.15) is 0 Å². The van der Waals surface area contributed by atoms with Crippen molar-refractivity contribution in [2.75, 3.05) is 18.5 Å². The van der Waals surface area contributed by atoms with Crippen molar-refractivity contribution in [1.82, 2.24) is 4.98 Å². The summed E-state index contributed by atoms with van der Waals surface area (Å²) >= 11 is 3.34. The van der Waals surface area contributed by atoms with E-state index in [1.807, 2.05) is 0 Å². The van der Waals surface area contributed by atoms with Crippen LogP contribution in [0.1, 0.15) is 10.4 Å². The molecule has 1 aliphatic heterocycles. The molecule has 0 unspecified atom stereocenters. The van der Waals surface area contributed by atoms with Crippen molar-refractivity contribution in [2.45, 2.75) is 0 Å². The second-order valence-electron chi connectivity index (χ2n) is 4.29. The second kappa shape index (κ2) is 5.69. The summed E-state index contributed by atoms with van der Waals surface area (Å²) in [5.41, 5.74) is 0.396. The fourth-order valence-corrected chi connectivity index (χ4v) is 2.33. The van der Waals surface area contributed by atoms with Gasteiger partial charge < -0.3 is 14.8 Å². The van der Waals surface area contributed by atoms with Gasteiger partial charge in [-0.25, -0.2) is 4.39 Å². The van der Waals surface area contributed by atoms with Crippen LogP contribution in [-0.2, 0) is 0 Å². The lowest BCUT2D eigenvalue weighted by Crippen LogP contribution is -2.17. The quantitative estimate of drug-likeness (QED) is 0.902. The minimum atomic E-state index is -0.677. The highest BCUT2D eigenvalue weighted by Crippen LogP contribution is 2.38. The molecule has 0 saturated heterocycles. The number of carbonyl (C=O) groups is 1. The van der Waals surface area contributed by atoms with E-state index in [2.05, 4.69) is 26.2 Å². The standard InChI is InChI=1S/C14H10BrFN2O3/c15-9-5-12-13(21-4-3-20-12)6-11(9)18-14(19)8-1-2-17-7-10(8)16/h1-2,5-7H,3-4H2,(H,18,19). The molecule has 3 rings (SSSR count). The lowest BCUT2D eigenvalue weighted by atomic mass is 10.2. The Morgan fingerprint density at radius 1 is 1.29 bits per heavy atom. The number of pyridine rings is 1. The van der Waals surface area contributed by atoms with Crippen LogP contribution in [-0.4, -0.2) is 24.1 Å². The van der Waals surface area contributed by atoms with E-state index in [-0.39, 0.29) is 5.56 Å². The van der Waals surface area contributed by atoms with Crippen LogP contribution in [0.25, 0.3) is 0 Å². The van der Waals surface area contributed by atoms with Gasteiger partial charge >= 0.3 is 0 Å². The third-order valence-corrected chi connectivity index (χ3v) is 3.55. The van der Waals surface area contributed by atoms with Crippen LogP contribution in [0.2, 0.25) is 0 Å². The highest BCUT2D eigenvalue weighted by Gasteiger charge is 2.18. The number of ether oxygens (including phenoxy) is 2. The summed E-state index contributed by atoms with van der Waals surface area (Å²) in [4.78, 5) is 15.7. The van der Waals surface area contributed by atoms with Gasteiger partial charge in [-0.05, 0) is 22.0 Å². The Bertz CT molecular complexity index is 709. The molecule has 0 radical (unpaired) electrons. The predicted molar refractivity (Wildman–Crippen MR) is 77.3 cm³/mol. The molecule has 0 spiro atoms. The maximum atomic E-state index is 13.5. The number of hydrogen-bond acceptors (Lipinski definition) is 4. The molecule has 5 nitrogen and oxygen atoms in total. The number of carbonyl (C=O) groups excluding carboxylic acids is 1. The molecule has 1 amide bonds. The first-order valence-corrected chi connectivity index (χ1v) is 6.94. The summed E-state index contributed by atoms with van der Waals surface area (Å²) in [7, 11) is 0. The number of anilines is 1. The van der Waals surface area contributed by atoms with Crippen molar-refractivity contribution < 1.29 is 18.7 Å². The number of aromatic nitrogens is 1. The third-order valence-electron chi connectivity index (χ3n) is 2.90. The lowest BCUT2D eigenvalue weighted by Gasteiger charge is -2.20. The maximum absolute atomic E-state index is 13.5. The normalized spacial score (nSPS) is 12.9. The zero-order valence-electron chi connectivity index (χ0n) is 10.7. The molecule has 1 N–H and O–H groups in total. The molecule has 0 fully saturated rings. The van der Waals surface area contributed by atoms with Gasteiger partial charge in [0.2, 0.25) is 0 Å². The second-order valence-corrected chi connectivity index (χ2v) is 5.14. The molecule has 2 aromatic rings. The largest absolute Gasteiger partial charge is 0.486 e. The topological polar surface area (TPSA) is 60.5 Å². The molecule has 1 aliphatic rings. The molecular weight excluding hydrogens is 343 g/mol. The molecule has 1 aromatic heterocycles. The summed E-state index contributed by atoms with van der Waals surface area (Å²) in [6.45, 7) is 0.925. The van der Waals surface area contributed by atoms with E-state index in [4.69, 9.17) is 9.47 Å². The van der Waals surface area contributed by atoms with Gasteiger partial charge in [0, 0.05) is 22.8 Å². The Balaban J connectivity index is 1.88. The summed E-state index contributed by atoms with van der Waals surface area (Å²) < 4.78 is 25.0. The number of benzene rings is 1. The molecule has 21 heavy (non-hydrogen) atoms. The van der Waals surface area contributed by atoms with Crippen molar-refractivity contribution >= 4 is 27.5 Å². The summed E-state index contributed by atoms with van der Waals surface area (Å²) in [6.07, 6.45) is 2.35. The van der Waals surface area contributed by atoms with Crippen LogP contribution >= 0.6 is 15.9 Å². The zero-order chi connectivity index (χ0) is 14.8. The molecule has 2 heterocycles. The van der Waals surface area contributed by atoms with E-state index in [1.165, 1.54) is 12.3 Å². The van der Waals surface area contributed by atoms with Crippen LogP contribution in [0, 0.1) is 5.82 Å². The van der Waals surface area contributed by atoms with Crippen LogP contribution in [0.5, 0.6) is 11.5 Å². The van der Waals surface area contributed by atoms with E-state index in [1.54, 1.807) is 12.1 Å². The lowest BCUT2D eigenvalue weighted by molar-refractivity contribution is 0.102. The van der Waals surface area contributed by atoms with Gasteiger partial charge in [-0.15, -0.1) is 0 Å². The molecule has 0 bridgehead atoms. The molecule has 0 atom stereocenters. The number of fused-ring (bicyclic) bond motifs is 1. The van der Waals surface area contributed by atoms with Crippen LogP contribution in [0.3, 0.4) is 0 Å². The Morgan fingerprint density at radius 2 is 2.00 bits per heavy atom. The summed E-state index contributed by atoms with van der Waals surface area (Å²) in [5.74, 6) is -0.105. The Hall–Kier alpha value is -2.15. The predicted octanol–water partition coefficient (Wildman–Crippen LogP) is 3.01. The van der Waals surface area contributed by atoms with Crippen molar-refractivity contribution in [2.24, 2.45) is 0 Å². The molecule has 7 heteroatoms. The van der Waals surface area contributed by atoms with E-state index < -0.39 is 11.7 Å². The highest BCUT2D eigenvalue weighted by molar-refractivity contribution is 9.10. The Labute approximate surface area is 128 Å². The van der Waals surface area contributed by atoms with Crippen LogP contribution in [0.4, 0.5) is 10.1 Å². The van der Waals surface area contributed by atoms with Gasteiger partial charge in [0.25, 0.3) is 5.91 Å². The van der Waals surface area contributed by atoms with E-state index in [0.29, 0.717) is 34.9 Å². The number of nitrogens with zero attached hydrogens (tertiary/aromatic N) is 1. The number of hydrogen-bond donors (Lipinski definition) is 1. The zero-order valence-corrected chi connectivity index (χ0v) is 12.3. The Kier molecular flexibility index (Phi) is 3.74. The monoisotopic (exact) mass is 352 g/mol. The highest BCUT2D eigenvalue weighted by atomic mass is 79.9. The number of rotatable bonds is 2. The van der Waals surface area contributed by atoms with Gasteiger partial charge in [-0.1, -0.05) is 0 Å². The first-order valence-electron chi connectivity index (χ1n) is 6.15. The fourth-order valence-electron chi connectivity index (χ4n) is 1.91. The average Bonchev–Trinajstić information content (AvgIpc) is 2.48. The number of halogens is 2. The SMILES string of the molecule is O=C(Nc1cc2c(cc1Br)OCCO2)c1ccncc1F. The van der Waals surface area contributed by atoms with Crippen molar-refractivity contribution in [3.63, 3.8) is 0 Å². The van der Waals surface area contributed by atoms with Crippen molar-refractivity contribution in [3.8, 4) is 11.5 Å². The third kappa shape index (κ3) is 2.82. The van der Waals surface area contributed by atoms with E-state index in [9.17, 15) is 9.18 Å². The summed E-state index contributed by atoms with van der Waals surface area (Å²) in [6, 6.07) is 4.65. The van der Waals surface area contributed by atoms with E-state index in [0.717, 1.165) is 6.20 Å². The van der Waals surface area contributed by atoms with Crippen LogP contribution < -0.4 is 14.8 Å². The molecular formula is C14H10BrFN2O3. The van der Waals surface area contributed by atoms with Crippen molar-refractivity contribution in [1.29, 1.82) is 0 Å². The first kappa shape index (κ1) is 13.8. The van der Waals surface area contributed by atoms with Crippen LogP contribution in [0.15, 0.2) is 35.1 Å².